The second-order valence-corrected chi connectivity index (χ2v) is 9.30. The molecular formula is C21H27N3O4S. The van der Waals surface area contributed by atoms with E-state index < -0.39 is 10.0 Å². The Morgan fingerprint density at radius 2 is 1.62 bits per heavy atom. The van der Waals surface area contributed by atoms with Crippen LogP contribution in [0.1, 0.15) is 43.5 Å². The Bertz CT molecular complexity index is 1010. The molecule has 2 N–H and O–H groups in total. The van der Waals surface area contributed by atoms with Gasteiger partial charge in [0.1, 0.15) is 6.54 Å². The molecule has 1 fully saturated rings. The normalized spacial score (nSPS) is 15.2. The van der Waals surface area contributed by atoms with Gasteiger partial charge in [0, 0.05) is 35.2 Å². The van der Waals surface area contributed by atoms with Crippen molar-refractivity contribution in [2.24, 2.45) is 0 Å². The van der Waals surface area contributed by atoms with Crippen LogP contribution in [0.2, 0.25) is 0 Å². The fourth-order valence-electron chi connectivity index (χ4n) is 3.71. The lowest BCUT2D eigenvalue weighted by molar-refractivity contribution is -0.116. The molecule has 1 aromatic heterocycles. The SMILES string of the molecule is Cc1cc(=O)cc(C)n1CC(=O)Nc1ccc(S(=O)(=O)NC2CCCCC2)cc1. The highest BCUT2D eigenvalue weighted by molar-refractivity contribution is 7.89. The average Bonchev–Trinajstić information content (AvgIpc) is 2.65. The number of benzene rings is 1. The summed E-state index contributed by atoms with van der Waals surface area (Å²) in [5.41, 5.74) is 1.85. The Morgan fingerprint density at radius 1 is 1.03 bits per heavy atom. The molecule has 2 aromatic rings. The monoisotopic (exact) mass is 417 g/mol. The van der Waals surface area contributed by atoms with Crippen LogP contribution in [0, 0.1) is 13.8 Å². The highest BCUT2D eigenvalue weighted by Crippen LogP contribution is 2.21. The molecule has 0 radical (unpaired) electrons. The first-order valence-electron chi connectivity index (χ1n) is 9.85. The number of sulfonamides is 1. The number of rotatable bonds is 6. The minimum absolute atomic E-state index is 0.00265. The molecule has 0 saturated heterocycles. The molecule has 0 bridgehead atoms. The Kier molecular flexibility index (Phi) is 6.54. The molecule has 29 heavy (non-hydrogen) atoms. The van der Waals surface area contributed by atoms with Crippen molar-refractivity contribution in [1.29, 1.82) is 0 Å². The van der Waals surface area contributed by atoms with E-state index in [4.69, 9.17) is 0 Å². The van der Waals surface area contributed by atoms with Gasteiger partial charge in [-0.05, 0) is 51.0 Å². The molecule has 8 heteroatoms. The minimum Gasteiger partial charge on any atom is -0.340 e. The zero-order chi connectivity index (χ0) is 21.0. The number of aromatic nitrogens is 1. The number of anilines is 1. The Balaban J connectivity index is 1.64. The van der Waals surface area contributed by atoms with Crippen molar-refractivity contribution in [3.63, 3.8) is 0 Å². The van der Waals surface area contributed by atoms with E-state index in [1.807, 2.05) is 0 Å². The third kappa shape index (κ3) is 5.55. The molecule has 156 valence electrons. The number of pyridine rings is 1. The average molecular weight is 418 g/mol. The smallest absolute Gasteiger partial charge is 0.244 e. The van der Waals surface area contributed by atoms with E-state index in [0.29, 0.717) is 17.1 Å². The van der Waals surface area contributed by atoms with Crippen LogP contribution >= 0.6 is 0 Å². The quantitative estimate of drug-likeness (QED) is 0.755. The van der Waals surface area contributed by atoms with E-state index in [1.165, 1.54) is 24.3 Å². The Hall–Kier alpha value is -2.45. The largest absolute Gasteiger partial charge is 0.340 e. The number of aryl methyl sites for hydroxylation is 2. The second-order valence-electron chi connectivity index (χ2n) is 7.59. The lowest BCUT2D eigenvalue weighted by Gasteiger charge is -2.22. The number of amides is 1. The van der Waals surface area contributed by atoms with Gasteiger partial charge in [0.15, 0.2) is 5.43 Å². The van der Waals surface area contributed by atoms with Crippen molar-refractivity contribution in [3.8, 4) is 0 Å². The maximum atomic E-state index is 12.6. The molecule has 3 rings (SSSR count). The summed E-state index contributed by atoms with van der Waals surface area (Å²) in [7, 11) is -3.57. The van der Waals surface area contributed by atoms with Gasteiger partial charge in [0.25, 0.3) is 0 Å². The fourth-order valence-corrected chi connectivity index (χ4v) is 5.01. The predicted octanol–water partition coefficient (Wildman–Crippen LogP) is 2.71. The summed E-state index contributed by atoms with van der Waals surface area (Å²) in [5, 5.41) is 2.77. The van der Waals surface area contributed by atoms with Crippen LogP contribution in [0.4, 0.5) is 5.69 Å². The van der Waals surface area contributed by atoms with Crippen molar-refractivity contribution in [2.75, 3.05) is 5.32 Å². The van der Waals surface area contributed by atoms with Gasteiger partial charge in [-0.25, -0.2) is 13.1 Å². The number of carbonyl (C=O) groups excluding carboxylic acids is 1. The molecule has 7 nitrogen and oxygen atoms in total. The van der Waals surface area contributed by atoms with Crippen molar-refractivity contribution in [2.45, 2.75) is 63.4 Å². The number of hydrogen-bond donors (Lipinski definition) is 2. The van der Waals surface area contributed by atoms with E-state index >= 15 is 0 Å². The molecule has 1 aliphatic carbocycles. The van der Waals surface area contributed by atoms with Gasteiger partial charge in [-0.15, -0.1) is 0 Å². The van der Waals surface area contributed by atoms with Gasteiger partial charge in [-0.2, -0.15) is 0 Å². The van der Waals surface area contributed by atoms with E-state index in [9.17, 15) is 18.0 Å². The van der Waals surface area contributed by atoms with Gasteiger partial charge in [-0.1, -0.05) is 19.3 Å². The number of nitrogens with zero attached hydrogens (tertiary/aromatic N) is 1. The van der Waals surface area contributed by atoms with Crippen molar-refractivity contribution < 1.29 is 13.2 Å². The number of nitrogens with one attached hydrogen (secondary N) is 2. The standard InChI is InChI=1S/C21H27N3O4S/c1-15-12-19(25)13-16(2)24(15)14-21(26)22-17-8-10-20(11-9-17)29(27,28)23-18-6-4-3-5-7-18/h8-13,18,23H,3-7,14H2,1-2H3,(H,22,26). The molecule has 0 aliphatic heterocycles. The fraction of sp³-hybridized carbons (Fsp3) is 0.429. The van der Waals surface area contributed by atoms with Crippen LogP contribution < -0.4 is 15.5 Å². The summed E-state index contributed by atoms with van der Waals surface area (Å²) in [6.07, 6.45) is 5.00. The molecule has 1 amide bonds. The lowest BCUT2D eigenvalue weighted by atomic mass is 9.96. The zero-order valence-electron chi connectivity index (χ0n) is 16.8. The molecule has 0 unspecified atom stereocenters. The summed E-state index contributed by atoms with van der Waals surface area (Å²) in [6.45, 7) is 3.63. The van der Waals surface area contributed by atoms with Crippen LogP contribution in [0.25, 0.3) is 0 Å². The van der Waals surface area contributed by atoms with Crippen LogP contribution in [0.15, 0.2) is 46.1 Å². The molecule has 1 heterocycles. The third-order valence-corrected chi connectivity index (χ3v) is 6.77. The Labute approximate surface area is 171 Å². The highest BCUT2D eigenvalue weighted by Gasteiger charge is 2.21. The van der Waals surface area contributed by atoms with Crippen LogP contribution in [0.3, 0.4) is 0 Å². The summed E-state index contributed by atoms with van der Waals surface area (Å²) >= 11 is 0. The first-order chi connectivity index (χ1) is 13.7. The van der Waals surface area contributed by atoms with Gasteiger partial charge in [-0.3, -0.25) is 9.59 Å². The molecular weight excluding hydrogens is 390 g/mol. The minimum atomic E-state index is -3.57. The Morgan fingerprint density at radius 3 is 2.21 bits per heavy atom. The number of carbonyl (C=O) groups is 1. The second kappa shape index (κ2) is 8.92. The predicted molar refractivity (Wildman–Crippen MR) is 112 cm³/mol. The summed E-state index contributed by atoms with van der Waals surface area (Å²) < 4.78 is 29.6. The molecule has 1 aliphatic rings. The maximum absolute atomic E-state index is 12.6. The van der Waals surface area contributed by atoms with Gasteiger partial charge in [0.2, 0.25) is 15.9 Å². The molecule has 0 atom stereocenters. The van der Waals surface area contributed by atoms with E-state index in [-0.39, 0.29) is 28.8 Å². The van der Waals surface area contributed by atoms with Crippen molar-refractivity contribution >= 4 is 21.6 Å². The van der Waals surface area contributed by atoms with Crippen molar-refractivity contribution in [1.82, 2.24) is 9.29 Å². The third-order valence-electron chi connectivity index (χ3n) is 5.23. The van der Waals surface area contributed by atoms with Gasteiger partial charge < -0.3 is 9.88 Å². The van der Waals surface area contributed by atoms with Crippen molar-refractivity contribution in [3.05, 3.63) is 58.0 Å². The van der Waals surface area contributed by atoms with Crippen LogP contribution in [-0.2, 0) is 21.4 Å². The summed E-state index contributed by atoms with van der Waals surface area (Å²) in [6, 6.07) is 9.13. The first-order valence-corrected chi connectivity index (χ1v) is 11.3. The number of hydrogen-bond acceptors (Lipinski definition) is 4. The van der Waals surface area contributed by atoms with Gasteiger partial charge in [0.05, 0.1) is 4.90 Å². The summed E-state index contributed by atoms with van der Waals surface area (Å²) in [4.78, 5) is 24.1. The lowest BCUT2D eigenvalue weighted by Crippen LogP contribution is -2.36. The van der Waals surface area contributed by atoms with Gasteiger partial charge >= 0.3 is 0 Å². The topological polar surface area (TPSA) is 97.3 Å². The van der Waals surface area contributed by atoms with Crippen LogP contribution in [-0.4, -0.2) is 24.9 Å². The van der Waals surface area contributed by atoms with E-state index in [0.717, 1.165) is 32.1 Å². The van der Waals surface area contributed by atoms with E-state index in [1.54, 1.807) is 30.5 Å². The van der Waals surface area contributed by atoms with E-state index in [2.05, 4.69) is 10.0 Å². The molecule has 1 saturated carbocycles. The van der Waals surface area contributed by atoms with Crippen LogP contribution in [0.5, 0.6) is 0 Å². The molecule has 0 spiro atoms. The first kappa shape index (κ1) is 21.3. The maximum Gasteiger partial charge on any atom is 0.244 e. The summed E-state index contributed by atoms with van der Waals surface area (Å²) in [5.74, 6) is -0.254. The zero-order valence-corrected chi connectivity index (χ0v) is 17.6. The highest BCUT2D eigenvalue weighted by atomic mass is 32.2. The molecule has 1 aromatic carbocycles.